The van der Waals surface area contributed by atoms with Crippen LogP contribution in [0.25, 0.3) is 10.9 Å². The lowest BCUT2D eigenvalue weighted by Gasteiger charge is -2.00. The highest BCUT2D eigenvalue weighted by molar-refractivity contribution is 14.1. The Kier molecular flexibility index (Phi) is 3.52. The molecule has 0 radical (unpaired) electrons. The minimum atomic E-state index is -0.561. The molecule has 0 fully saturated rings. The Morgan fingerprint density at radius 3 is 2.94 bits per heavy atom. The molecule has 90 valence electrons. The van der Waals surface area contributed by atoms with Gasteiger partial charge in [-0.1, -0.05) is 11.1 Å². The first-order chi connectivity index (χ1) is 8.63. The number of hydrogen-bond acceptors (Lipinski definition) is 5. The fraction of sp³-hybridized carbons (Fsp3) is 0.100. The summed E-state index contributed by atoms with van der Waals surface area (Å²) >= 11 is 1.84. The number of nitro benzene ring substituents is 1. The van der Waals surface area contributed by atoms with Crippen LogP contribution in [0.2, 0.25) is 0 Å². The molecule has 0 atom stereocenters. The first-order valence-corrected chi connectivity index (χ1v) is 5.82. The van der Waals surface area contributed by atoms with Gasteiger partial charge < -0.3 is 0 Å². The van der Waals surface area contributed by atoms with Gasteiger partial charge in [0.05, 0.1) is 10.3 Å². The predicted octanol–water partition coefficient (Wildman–Crippen LogP) is 1.10. The average molecular weight is 356 g/mol. The van der Waals surface area contributed by atoms with E-state index in [9.17, 15) is 14.9 Å². The third-order valence-corrected chi connectivity index (χ3v) is 2.59. The molecule has 0 saturated carbocycles. The van der Waals surface area contributed by atoms with Crippen molar-refractivity contribution in [3.05, 3.63) is 38.7 Å². The molecule has 1 aromatic heterocycles. The van der Waals surface area contributed by atoms with Crippen LogP contribution >= 0.6 is 22.6 Å². The fourth-order valence-corrected chi connectivity index (χ4v) is 1.56. The van der Waals surface area contributed by atoms with Crippen molar-refractivity contribution in [1.82, 2.24) is 15.0 Å². The largest absolute Gasteiger partial charge is 0.278 e. The number of fused-ring (bicyclic) bond motifs is 1. The highest BCUT2D eigenvalue weighted by atomic mass is 127. The SMILES string of the molecule is O=c1c2cc([N+](=O)[O-])ccc2nnn1CC#CI. The monoisotopic (exact) mass is 356 g/mol. The number of halogens is 1. The molecule has 18 heavy (non-hydrogen) atoms. The molecular weight excluding hydrogens is 351 g/mol. The molecule has 7 nitrogen and oxygen atoms in total. The van der Waals surface area contributed by atoms with Crippen molar-refractivity contribution in [1.29, 1.82) is 0 Å². The number of benzene rings is 1. The van der Waals surface area contributed by atoms with Gasteiger partial charge >= 0.3 is 0 Å². The molecule has 0 spiro atoms. The zero-order valence-electron chi connectivity index (χ0n) is 8.83. The molecule has 8 heteroatoms. The van der Waals surface area contributed by atoms with E-state index in [1.54, 1.807) is 0 Å². The number of non-ortho nitro benzene ring substituents is 1. The molecule has 0 aliphatic rings. The van der Waals surface area contributed by atoms with Crippen LogP contribution < -0.4 is 5.56 Å². The van der Waals surface area contributed by atoms with Crippen LogP contribution in [0.15, 0.2) is 23.0 Å². The van der Waals surface area contributed by atoms with Gasteiger partial charge in [0.25, 0.3) is 11.2 Å². The fourth-order valence-electron chi connectivity index (χ4n) is 1.39. The van der Waals surface area contributed by atoms with Gasteiger partial charge in [-0.3, -0.25) is 14.9 Å². The van der Waals surface area contributed by atoms with Crippen molar-refractivity contribution in [2.45, 2.75) is 6.54 Å². The summed E-state index contributed by atoms with van der Waals surface area (Å²) in [6.45, 7) is 0.105. The zero-order valence-corrected chi connectivity index (χ0v) is 11.0. The summed E-state index contributed by atoms with van der Waals surface area (Å²) in [7, 11) is 0. The van der Waals surface area contributed by atoms with Crippen LogP contribution in [0, 0.1) is 20.0 Å². The van der Waals surface area contributed by atoms with Crippen LogP contribution in [0.4, 0.5) is 5.69 Å². The summed E-state index contributed by atoms with van der Waals surface area (Å²) in [6.07, 6.45) is 0. The van der Waals surface area contributed by atoms with Crippen LogP contribution in [0.3, 0.4) is 0 Å². The van der Waals surface area contributed by atoms with E-state index in [4.69, 9.17) is 0 Å². The van der Waals surface area contributed by atoms with Crippen molar-refractivity contribution in [3.63, 3.8) is 0 Å². The van der Waals surface area contributed by atoms with Gasteiger partial charge in [0.15, 0.2) is 0 Å². The Bertz CT molecular complexity index is 744. The van der Waals surface area contributed by atoms with Gasteiger partial charge in [-0.15, -0.1) is 5.10 Å². The molecule has 0 bridgehead atoms. The molecular formula is C10H5IN4O3. The summed E-state index contributed by atoms with van der Waals surface area (Å²) in [5.74, 6) is 2.67. The van der Waals surface area contributed by atoms with E-state index < -0.39 is 10.5 Å². The molecule has 0 N–H and O–H groups in total. The van der Waals surface area contributed by atoms with Gasteiger partial charge in [0.2, 0.25) is 0 Å². The number of aromatic nitrogens is 3. The Morgan fingerprint density at radius 2 is 2.28 bits per heavy atom. The lowest BCUT2D eigenvalue weighted by molar-refractivity contribution is -0.384. The average Bonchev–Trinajstić information content (AvgIpc) is 2.37. The standard InChI is InChI=1S/C10H5IN4O3/c11-4-1-5-14-10(16)8-6-7(15(17)18)2-3-9(8)12-13-14/h2-3,6H,5H2. The highest BCUT2D eigenvalue weighted by Gasteiger charge is 2.11. The Labute approximate surface area is 114 Å². The molecule has 0 aliphatic carbocycles. The Hall–Kier alpha value is -2.02. The molecule has 0 amide bonds. The van der Waals surface area contributed by atoms with Gasteiger partial charge in [0, 0.05) is 34.7 Å². The van der Waals surface area contributed by atoms with E-state index in [0.717, 1.165) is 4.68 Å². The zero-order chi connectivity index (χ0) is 13.1. The summed E-state index contributed by atoms with van der Waals surface area (Å²) in [5.41, 5.74) is -0.272. The van der Waals surface area contributed by atoms with Crippen molar-refractivity contribution in [2.24, 2.45) is 0 Å². The van der Waals surface area contributed by atoms with E-state index in [-0.39, 0.29) is 17.6 Å². The maximum atomic E-state index is 12.0. The number of nitro groups is 1. The molecule has 1 aromatic carbocycles. The minimum Gasteiger partial charge on any atom is -0.267 e. The van der Waals surface area contributed by atoms with E-state index in [1.807, 2.05) is 22.6 Å². The smallest absolute Gasteiger partial charge is 0.267 e. The topological polar surface area (TPSA) is 90.9 Å². The Balaban J connectivity index is 2.66. The highest BCUT2D eigenvalue weighted by Crippen LogP contribution is 2.15. The summed E-state index contributed by atoms with van der Waals surface area (Å²) in [6, 6.07) is 3.88. The maximum Gasteiger partial charge on any atom is 0.278 e. The normalized spacial score (nSPS) is 9.83. The second-order valence-electron chi connectivity index (χ2n) is 3.28. The minimum absolute atomic E-state index is 0.105. The first-order valence-electron chi connectivity index (χ1n) is 4.74. The lowest BCUT2D eigenvalue weighted by atomic mass is 10.2. The summed E-state index contributed by atoms with van der Waals surface area (Å²) in [5, 5.41) is 18.3. The summed E-state index contributed by atoms with van der Waals surface area (Å²) in [4.78, 5) is 22.1. The first kappa shape index (κ1) is 12.4. The maximum absolute atomic E-state index is 12.0. The van der Waals surface area contributed by atoms with E-state index in [2.05, 4.69) is 20.2 Å². The molecule has 0 saturated heterocycles. The summed E-state index contributed by atoms with van der Waals surface area (Å²) < 4.78 is 3.67. The molecule has 0 aliphatic heterocycles. The van der Waals surface area contributed by atoms with Crippen LogP contribution in [-0.2, 0) is 6.54 Å². The van der Waals surface area contributed by atoms with Crippen LogP contribution in [0.5, 0.6) is 0 Å². The van der Waals surface area contributed by atoms with Gasteiger partial charge in [-0.25, -0.2) is 0 Å². The van der Waals surface area contributed by atoms with Crippen LogP contribution in [-0.4, -0.2) is 19.9 Å². The van der Waals surface area contributed by atoms with Crippen molar-refractivity contribution < 1.29 is 4.92 Å². The Morgan fingerprint density at radius 1 is 1.50 bits per heavy atom. The van der Waals surface area contributed by atoms with Crippen LogP contribution in [0.1, 0.15) is 0 Å². The van der Waals surface area contributed by atoms with E-state index in [0.29, 0.717) is 5.52 Å². The quantitative estimate of drug-likeness (QED) is 0.348. The van der Waals surface area contributed by atoms with E-state index >= 15 is 0 Å². The third kappa shape index (κ3) is 2.30. The second-order valence-corrected chi connectivity index (χ2v) is 3.82. The lowest BCUT2D eigenvalue weighted by Crippen LogP contribution is -2.23. The van der Waals surface area contributed by atoms with E-state index in [1.165, 1.54) is 18.2 Å². The van der Waals surface area contributed by atoms with Gasteiger partial charge in [-0.2, -0.15) is 4.68 Å². The van der Waals surface area contributed by atoms with Gasteiger partial charge in [0.1, 0.15) is 12.1 Å². The second kappa shape index (κ2) is 5.09. The molecule has 0 unspecified atom stereocenters. The predicted molar refractivity (Wildman–Crippen MR) is 72.2 cm³/mol. The molecule has 2 rings (SSSR count). The molecule has 1 heterocycles. The third-order valence-electron chi connectivity index (χ3n) is 2.21. The molecule has 2 aromatic rings. The number of rotatable bonds is 2. The van der Waals surface area contributed by atoms with Gasteiger partial charge in [-0.05, 0) is 9.99 Å². The van der Waals surface area contributed by atoms with Crippen molar-refractivity contribution >= 4 is 39.2 Å². The van der Waals surface area contributed by atoms with Crippen molar-refractivity contribution in [2.75, 3.05) is 0 Å². The number of nitrogens with zero attached hydrogens (tertiary/aromatic N) is 4. The number of hydrogen-bond donors (Lipinski definition) is 0. The van der Waals surface area contributed by atoms with Crippen molar-refractivity contribution in [3.8, 4) is 9.85 Å².